The smallest absolute Gasteiger partial charge is 0.293 e. The van der Waals surface area contributed by atoms with Crippen LogP contribution in [-0.4, -0.2) is 20.0 Å². The van der Waals surface area contributed by atoms with Crippen molar-refractivity contribution >= 4 is 11.4 Å². The van der Waals surface area contributed by atoms with E-state index in [1.165, 1.54) is 6.07 Å². The Morgan fingerprint density at radius 1 is 1.35 bits per heavy atom. The summed E-state index contributed by atoms with van der Waals surface area (Å²) in [5, 5.41) is 18.0. The molecular formula is C15H13N5O3. The lowest BCUT2D eigenvalue weighted by Crippen LogP contribution is -2.03. The average molecular weight is 311 g/mol. The molecule has 116 valence electrons. The normalized spacial score (nSPS) is 10.5. The second-order valence-corrected chi connectivity index (χ2v) is 4.85. The third-order valence-corrected chi connectivity index (χ3v) is 3.17. The predicted octanol–water partition coefficient (Wildman–Crippen LogP) is 2.96. The van der Waals surface area contributed by atoms with Crippen LogP contribution < -0.4 is 5.32 Å². The molecule has 2 heterocycles. The summed E-state index contributed by atoms with van der Waals surface area (Å²) in [5.41, 5.74) is 1.80. The number of rotatable bonds is 5. The second-order valence-electron chi connectivity index (χ2n) is 4.85. The maximum atomic E-state index is 11.3. The highest BCUT2D eigenvalue weighted by Gasteiger charge is 2.17. The number of nitrogens with one attached hydrogen (secondary N) is 1. The van der Waals surface area contributed by atoms with Crippen LogP contribution in [0.5, 0.6) is 0 Å². The molecule has 0 aliphatic rings. The molecule has 1 N–H and O–H groups in total. The molecule has 1 aromatic carbocycles. The number of hydrogen-bond acceptors (Lipinski definition) is 7. The number of nitro benzene ring substituents is 1. The second kappa shape index (κ2) is 6.22. The molecule has 0 amide bonds. The largest absolute Gasteiger partial charge is 0.375 e. The van der Waals surface area contributed by atoms with Gasteiger partial charge in [0.2, 0.25) is 0 Å². The average Bonchev–Trinajstić information content (AvgIpc) is 3.00. The third kappa shape index (κ3) is 3.31. The van der Waals surface area contributed by atoms with Gasteiger partial charge in [0, 0.05) is 30.6 Å². The zero-order valence-electron chi connectivity index (χ0n) is 12.3. The molecule has 23 heavy (non-hydrogen) atoms. The van der Waals surface area contributed by atoms with Gasteiger partial charge in [-0.3, -0.25) is 15.1 Å². The minimum absolute atomic E-state index is 0.0535. The summed E-state index contributed by atoms with van der Waals surface area (Å²) in [6.07, 6.45) is 3.38. The van der Waals surface area contributed by atoms with Gasteiger partial charge < -0.3 is 9.84 Å². The Bertz CT molecular complexity index is 832. The van der Waals surface area contributed by atoms with Gasteiger partial charge in [0.25, 0.3) is 11.6 Å². The Hall–Kier alpha value is -3.29. The first-order valence-electron chi connectivity index (χ1n) is 6.85. The summed E-state index contributed by atoms with van der Waals surface area (Å²) < 4.78 is 5.04. The van der Waals surface area contributed by atoms with Gasteiger partial charge in [-0.25, -0.2) is 0 Å². The van der Waals surface area contributed by atoms with Crippen molar-refractivity contribution in [3.05, 3.63) is 64.2 Å². The molecule has 0 radical (unpaired) electrons. The lowest BCUT2D eigenvalue weighted by molar-refractivity contribution is -0.383. The van der Waals surface area contributed by atoms with Crippen LogP contribution in [0.1, 0.15) is 11.4 Å². The Balaban J connectivity index is 1.87. The first-order chi connectivity index (χ1) is 11.1. The van der Waals surface area contributed by atoms with E-state index in [-0.39, 0.29) is 11.6 Å². The summed E-state index contributed by atoms with van der Waals surface area (Å²) >= 11 is 0. The first-order valence-corrected chi connectivity index (χ1v) is 6.85. The summed E-state index contributed by atoms with van der Waals surface area (Å²) in [5.74, 6) is 0.728. The molecule has 0 unspecified atom stereocenters. The number of hydrogen-bond donors (Lipinski definition) is 1. The number of nitro groups is 1. The van der Waals surface area contributed by atoms with Crippen molar-refractivity contribution in [2.75, 3.05) is 5.32 Å². The molecule has 0 fully saturated rings. The van der Waals surface area contributed by atoms with Gasteiger partial charge in [-0.15, -0.1) is 0 Å². The van der Waals surface area contributed by atoms with E-state index < -0.39 is 4.92 Å². The number of pyridine rings is 1. The molecule has 0 bridgehead atoms. The molecule has 3 aromatic rings. The van der Waals surface area contributed by atoms with Gasteiger partial charge in [0.15, 0.2) is 5.82 Å². The monoisotopic (exact) mass is 311 g/mol. The Morgan fingerprint density at radius 3 is 2.87 bits per heavy atom. The fourth-order valence-electron chi connectivity index (χ4n) is 2.08. The Labute approximate surface area is 131 Å². The van der Waals surface area contributed by atoms with Crippen LogP contribution in [0.4, 0.5) is 11.4 Å². The van der Waals surface area contributed by atoms with E-state index in [2.05, 4.69) is 20.4 Å². The quantitative estimate of drug-likeness (QED) is 0.570. The molecule has 2 aromatic heterocycles. The van der Waals surface area contributed by atoms with E-state index in [0.717, 1.165) is 5.56 Å². The summed E-state index contributed by atoms with van der Waals surface area (Å²) in [6.45, 7) is 2.12. The van der Waals surface area contributed by atoms with Gasteiger partial charge in [-0.1, -0.05) is 11.2 Å². The molecule has 0 aliphatic carbocycles. The molecule has 3 rings (SSSR count). The third-order valence-electron chi connectivity index (χ3n) is 3.17. The van der Waals surface area contributed by atoms with E-state index in [4.69, 9.17) is 4.52 Å². The van der Waals surface area contributed by atoms with Crippen molar-refractivity contribution in [2.45, 2.75) is 13.5 Å². The van der Waals surface area contributed by atoms with E-state index >= 15 is 0 Å². The Morgan fingerprint density at radius 2 is 2.22 bits per heavy atom. The van der Waals surface area contributed by atoms with Crippen molar-refractivity contribution in [3.8, 4) is 11.5 Å². The molecule has 0 saturated heterocycles. The lowest BCUT2D eigenvalue weighted by Gasteiger charge is -2.07. The van der Waals surface area contributed by atoms with Gasteiger partial charge in [0.1, 0.15) is 5.69 Å². The lowest BCUT2D eigenvalue weighted by atomic mass is 10.1. The topological polar surface area (TPSA) is 107 Å². The van der Waals surface area contributed by atoms with Crippen molar-refractivity contribution in [3.63, 3.8) is 0 Å². The molecule has 8 heteroatoms. The number of nitrogens with zero attached hydrogens (tertiary/aromatic N) is 4. The number of aromatic nitrogens is 3. The maximum absolute atomic E-state index is 11.3. The zero-order valence-corrected chi connectivity index (χ0v) is 12.3. The fourth-order valence-corrected chi connectivity index (χ4v) is 2.08. The van der Waals surface area contributed by atoms with Crippen LogP contribution in [0.15, 0.2) is 47.2 Å². The van der Waals surface area contributed by atoms with E-state index in [1.807, 2.05) is 12.1 Å². The molecule has 0 spiro atoms. The van der Waals surface area contributed by atoms with Crippen LogP contribution >= 0.6 is 0 Å². The van der Waals surface area contributed by atoms with E-state index in [1.54, 1.807) is 31.5 Å². The SMILES string of the molecule is Cc1noc(-c2ccc(NCc3cccnc3)c([N+](=O)[O-])c2)n1. The first kappa shape index (κ1) is 14.6. The minimum Gasteiger partial charge on any atom is -0.375 e. The van der Waals surface area contributed by atoms with Crippen LogP contribution in [0.25, 0.3) is 11.5 Å². The van der Waals surface area contributed by atoms with Gasteiger partial charge in [-0.05, 0) is 30.7 Å². The standard InChI is InChI=1S/C15H13N5O3/c1-10-18-15(23-19-10)12-4-5-13(14(7-12)20(21)22)17-9-11-3-2-6-16-8-11/h2-8,17H,9H2,1H3. The van der Waals surface area contributed by atoms with Crippen LogP contribution in [0, 0.1) is 17.0 Å². The van der Waals surface area contributed by atoms with Crippen LogP contribution in [0.3, 0.4) is 0 Å². The van der Waals surface area contributed by atoms with Crippen molar-refractivity contribution in [2.24, 2.45) is 0 Å². The highest BCUT2D eigenvalue weighted by molar-refractivity contribution is 5.69. The molecule has 8 nitrogen and oxygen atoms in total. The van der Waals surface area contributed by atoms with Crippen molar-refractivity contribution in [1.29, 1.82) is 0 Å². The molecule has 0 saturated carbocycles. The van der Waals surface area contributed by atoms with Crippen LogP contribution in [0.2, 0.25) is 0 Å². The van der Waals surface area contributed by atoms with Gasteiger partial charge in [0.05, 0.1) is 4.92 Å². The minimum atomic E-state index is -0.446. The Kier molecular flexibility index (Phi) is 3.96. The van der Waals surface area contributed by atoms with E-state index in [9.17, 15) is 10.1 Å². The highest BCUT2D eigenvalue weighted by atomic mass is 16.6. The summed E-state index contributed by atoms with van der Waals surface area (Å²) in [6, 6.07) is 8.45. The molecular weight excluding hydrogens is 298 g/mol. The number of benzene rings is 1. The number of anilines is 1. The maximum Gasteiger partial charge on any atom is 0.293 e. The van der Waals surface area contributed by atoms with Gasteiger partial charge in [-0.2, -0.15) is 4.98 Å². The van der Waals surface area contributed by atoms with Crippen molar-refractivity contribution in [1.82, 2.24) is 15.1 Å². The molecule has 0 aliphatic heterocycles. The highest BCUT2D eigenvalue weighted by Crippen LogP contribution is 2.30. The fraction of sp³-hybridized carbons (Fsp3) is 0.133. The number of aryl methyl sites for hydroxylation is 1. The summed E-state index contributed by atoms with van der Waals surface area (Å²) in [4.78, 5) is 18.9. The van der Waals surface area contributed by atoms with Gasteiger partial charge >= 0.3 is 0 Å². The molecule has 0 atom stereocenters. The van der Waals surface area contributed by atoms with Crippen molar-refractivity contribution < 1.29 is 9.45 Å². The summed E-state index contributed by atoms with van der Waals surface area (Å²) in [7, 11) is 0. The van der Waals surface area contributed by atoms with E-state index in [0.29, 0.717) is 23.6 Å². The predicted molar refractivity (Wildman–Crippen MR) is 82.7 cm³/mol. The van der Waals surface area contributed by atoms with Crippen LogP contribution in [-0.2, 0) is 6.54 Å². The zero-order chi connectivity index (χ0) is 16.2.